The van der Waals surface area contributed by atoms with E-state index in [-0.39, 0.29) is 18.0 Å². The molecule has 0 unspecified atom stereocenters. The first-order valence-electron chi connectivity index (χ1n) is 6.31. The lowest BCUT2D eigenvalue weighted by Crippen LogP contribution is -2.19. The molecule has 118 valence electrons. The van der Waals surface area contributed by atoms with Crippen molar-refractivity contribution in [3.8, 4) is 5.75 Å². The zero-order chi connectivity index (χ0) is 16.2. The largest absolute Gasteiger partial charge is 0.482 e. The van der Waals surface area contributed by atoms with E-state index in [1.54, 1.807) is 6.07 Å². The van der Waals surface area contributed by atoms with Crippen molar-refractivity contribution in [3.63, 3.8) is 0 Å². The molecule has 2 aromatic rings. The number of hydrogen-bond acceptors (Lipinski definition) is 2. The van der Waals surface area contributed by atoms with Crippen LogP contribution in [-0.4, -0.2) is 12.8 Å². The minimum atomic E-state index is -4.53. The van der Waals surface area contributed by atoms with Gasteiger partial charge in [0.15, 0.2) is 6.61 Å². The fourth-order valence-electron chi connectivity index (χ4n) is 1.75. The molecule has 2 aromatic carbocycles. The summed E-state index contributed by atoms with van der Waals surface area (Å²) in [5.41, 5.74) is 0.475. The first-order chi connectivity index (χ1) is 10.3. The molecule has 0 aliphatic heterocycles. The third kappa shape index (κ3) is 4.61. The summed E-state index contributed by atoms with van der Waals surface area (Å²) >= 11 is 0. The molecular weight excluding hydrogens is 305 g/mol. The summed E-state index contributed by atoms with van der Waals surface area (Å²) in [6.07, 6.45) is -4.53. The Bertz CT molecular complexity index is 642. The molecule has 0 amide bonds. The molecule has 0 spiro atoms. The topological polar surface area (TPSA) is 21.3 Å². The van der Waals surface area contributed by atoms with Crippen molar-refractivity contribution in [2.75, 3.05) is 11.9 Å². The predicted molar refractivity (Wildman–Crippen MR) is 71.7 cm³/mol. The van der Waals surface area contributed by atoms with Crippen LogP contribution in [0.1, 0.15) is 5.56 Å². The second kappa shape index (κ2) is 6.64. The Balaban J connectivity index is 2.11. The lowest BCUT2D eigenvalue weighted by Gasteiger charge is -2.15. The first kappa shape index (κ1) is 16.1. The van der Waals surface area contributed by atoms with Gasteiger partial charge in [-0.25, -0.2) is 8.78 Å². The minimum Gasteiger partial charge on any atom is -0.482 e. The minimum absolute atomic E-state index is 0.0285. The van der Waals surface area contributed by atoms with Gasteiger partial charge in [-0.3, -0.25) is 0 Å². The van der Waals surface area contributed by atoms with Gasteiger partial charge in [-0.15, -0.1) is 0 Å². The molecule has 0 radical (unpaired) electrons. The molecule has 2 rings (SSSR count). The van der Waals surface area contributed by atoms with Crippen LogP contribution in [0.4, 0.5) is 27.6 Å². The van der Waals surface area contributed by atoms with Gasteiger partial charge in [0.05, 0.1) is 5.69 Å². The Morgan fingerprint density at radius 1 is 1.00 bits per heavy atom. The summed E-state index contributed by atoms with van der Waals surface area (Å²) in [7, 11) is 0. The molecule has 0 saturated carbocycles. The molecule has 0 bridgehead atoms. The molecule has 0 atom stereocenters. The fraction of sp³-hybridized carbons (Fsp3) is 0.200. The highest BCUT2D eigenvalue weighted by molar-refractivity contribution is 5.56. The average molecular weight is 317 g/mol. The standard InChI is InChI=1S/C15H12F5NO/c16-11-5-6-13(14(7-11)22-9-15(18,19)20)21-8-10-3-1-2-4-12(10)17/h1-7,21H,8-9H2. The normalized spacial score (nSPS) is 11.3. The Kier molecular flexibility index (Phi) is 4.85. The summed E-state index contributed by atoms with van der Waals surface area (Å²) in [6.45, 7) is -1.51. The average Bonchev–Trinajstić information content (AvgIpc) is 2.45. The van der Waals surface area contributed by atoms with E-state index in [4.69, 9.17) is 0 Å². The van der Waals surface area contributed by atoms with Crippen molar-refractivity contribution < 1.29 is 26.7 Å². The Morgan fingerprint density at radius 3 is 2.41 bits per heavy atom. The number of rotatable bonds is 5. The van der Waals surface area contributed by atoms with Gasteiger partial charge >= 0.3 is 6.18 Å². The van der Waals surface area contributed by atoms with Crippen LogP contribution in [0, 0.1) is 11.6 Å². The van der Waals surface area contributed by atoms with Crippen LogP contribution >= 0.6 is 0 Å². The van der Waals surface area contributed by atoms with Crippen LogP contribution in [0.5, 0.6) is 5.75 Å². The maximum Gasteiger partial charge on any atom is 0.422 e. The monoisotopic (exact) mass is 317 g/mol. The van der Waals surface area contributed by atoms with Gasteiger partial charge in [-0.1, -0.05) is 18.2 Å². The van der Waals surface area contributed by atoms with Gasteiger partial charge in [0.2, 0.25) is 0 Å². The quantitative estimate of drug-likeness (QED) is 0.819. The van der Waals surface area contributed by atoms with E-state index >= 15 is 0 Å². The van der Waals surface area contributed by atoms with Crippen LogP contribution in [0.25, 0.3) is 0 Å². The predicted octanol–water partition coefficient (Wildman–Crippen LogP) is 4.52. The van der Waals surface area contributed by atoms with Crippen LogP contribution in [-0.2, 0) is 6.54 Å². The van der Waals surface area contributed by atoms with Crippen molar-refractivity contribution in [1.82, 2.24) is 0 Å². The Hall–Kier alpha value is -2.31. The molecule has 1 N–H and O–H groups in total. The van der Waals surface area contributed by atoms with Gasteiger partial charge in [-0.2, -0.15) is 13.2 Å². The van der Waals surface area contributed by atoms with Crippen LogP contribution in [0.15, 0.2) is 42.5 Å². The molecule has 2 nitrogen and oxygen atoms in total. The van der Waals surface area contributed by atoms with E-state index in [9.17, 15) is 22.0 Å². The van der Waals surface area contributed by atoms with Crippen LogP contribution in [0.3, 0.4) is 0 Å². The molecule has 0 aliphatic carbocycles. The molecule has 0 fully saturated rings. The molecular formula is C15H12F5NO. The zero-order valence-electron chi connectivity index (χ0n) is 11.3. The van der Waals surface area contributed by atoms with Crippen molar-refractivity contribution in [2.24, 2.45) is 0 Å². The SMILES string of the molecule is Fc1ccc(NCc2ccccc2F)c(OCC(F)(F)F)c1. The van der Waals surface area contributed by atoms with Crippen LogP contribution in [0.2, 0.25) is 0 Å². The van der Waals surface area contributed by atoms with Gasteiger partial charge in [0.1, 0.15) is 17.4 Å². The number of hydrogen-bond donors (Lipinski definition) is 1. The maximum absolute atomic E-state index is 13.5. The number of halogens is 5. The molecule has 0 aliphatic rings. The number of nitrogens with one attached hydrogen (secondary N) is 1. The number of alkyl halides is 3. The molecule has 22 heavy (non-hydrogen) atoms. The number of ether oxygens (including phenoxy) is 1. The van der Waals surface area contributed by atoms with Gasteiger partial charge in [-0.05, 0) is 18.2 Å². The third-order valence-electron chi connectivity index (χ3n) is 2.76. The smallest absolute Gasteiger partial charge is 0.422 e. The molecule has 0 aromatic heterocycles. The lowest BCUT2D eigenvalue weighted by molar-refractivity contribution is -0.153. The molecule has 7 heteroatoms. The van der Waals surface area contributed by atoms with Crippen LogP contribution < -0.4 is 10.1 Å². The fourth-order valence-corrected chi connectivity index (χ4v) is 1.75. The summed E-state index contributed by atoms with van der Waals surface area (Å²) in [6, 6.07) is 9.10. The zero-order valence-corrected chi connectivity index (χ0v) is 11.3. The summed E-state index contributed by atoms with van der Waals surface area (Å²) in [5.74, 6) is -1.46. The van der Waals surface area contributed by atoms with E-state index in [1.165, 1.54) is 24.3 Å². The van der Waals surface area contributed by atoms with Gasteiger partial charge in [0.25, 0.3) is 0 Å². The van der Waals surface area contributed by atoms with E-state index in [0.29, 0.717) is 5.56 Å². The van der Waals surface area contributed by atoms with Gasteiger partial charge < -0.3 is 10.1 Å². The Labute approximate surface area is 123 Å². The Morgan fingerprint density at radius 2 is 1.73 bits per heavy atom. The molecule has 0 saturated heterocycles. The molecule has 0 heterocycles. The number of anilines is 1. The maximum atomic E-state index is 13.5. The van der Waals surface area contributed by atoms with Crippen molar-refractivity contribution in [3.05, 3.63) is 59.7 Å². The second-order valence-corrected chi connectivity index (χ2v) is 4.49. The van der Waals surface area contributed by atoms with Crippen molar-refractivity contribution in [1.29, 1.82) is 0 Å². The number of benzene rings is 2. The van der Waals surface area contributed by atoms with E-state index < -0.39 is 24.4 Å². The lowest BCUT2D eigenvalue weighted by atomic mass is 10.2. The van der Waals surface area contributed by atoms with E-state index in [0.717, 1.165) is 12.1 Å². The van der Waals surface area contributed by atoms with Gasteiger partial charge in [0, 0.05) is 18.2 Å². The summed E-state index contributed by atoms with van der Waals surface area (Å²) in [4.78, 5) is 0. The van der Waals surface area contributed by atoms with Crippen molar-refractivity contribution in [2.45, 2.75) is 12.7 Å². The second-order valence-electron chi connectivity index (χ2n) is 4.49. The van der Waals surface area contributed by atoms with Crippen molar-refractivity contribution >= 4 is 5.69 Å². The van der Waals surface area contributed by atoms with E-state index in [1.807, 2.05) is 0 Å². The highest BCUT2D eigenvalue weighted by atomic mass is 19.4. The van der Waals surface area contributed by atoms with E-state index in [2.05, 4.69) is 10.1 Å². The first-order valence-corrected chi connectivity index (χ1v) is 6.31. The highest BCUT2D eigenvalue weighted by Crippen LogP contribution is 2.28. The highest BCUT2D eigenvalue weighted by Gasteiger charge is 2.29. The summed E-state index contributed by atoms with van der Waals surface area (Å²) in [5, 5.41) is 2.73. The summed E-state index contributed by atoms with van der Waals surface area (Å²) < 4.78 is 67.8. The third-order valence-corrected chi connectivity index (χ3v) is 2.76.